The molecule has 78 heavy (non-hydrogen) atoms. The first kappa shape index (κ1) is 74.6. The number of allylic oxidation sites excluding steroid dienone is 14. The number of unbranched alkanes of at least 4 members (excludes halogenated alkanes) is 36. The summed E-state index contributed by atoms with van der Waals surface area (Å²) >= 11 is 0. The van der Waals surface area contributed by atoms with Gasteiger partial charge in [0.1, 0.15) is 13.2 Å². The SMILES string of the molecule is CC/C=C\C/C=C\C/C=C\C/C=C\C/C=C\CCCCCCCCCC(=O)OCC(COC(=O)CCCCCCC/C=C\C/C=C\CCCCCC)OC(=O)CCCCCCCCCCCCCCCCCCCCCCC. The number of carbonyl (C=O) groups is 3. The maximum absolute atomic E-state index is 12.9. The van der Waals surface area contributed by atoms with Crippen molar-refractivity contribution in [3.05, 3.63) is 85.1 Å². The third kappa shape index (κ3) is 63.4. The summed E-state index contributed by atoms with van der Waals surface area (Å²) < 4.78 is 17.0. The topological polar surface area (TPSA) is 78.9 Å². The van der Waals surface area contributed by atoms with Crippen LogP contribution < -0.4 is 0 Å². The molecule has 0 saturated heterocycles. The Morgan fingerprint density at radius 2 is 0.500 bits per heavy atom. The van der Waals surface area contributed by atoms with Gasteiger partial charge in [-0.2, -0.15) is 0 Å². The molecule has 0 radical (unpaired) electrons. The Hall–Kier alpha value is -3.41. The first-order valence-corrected chi connectivity index (χ1v) is 33.6. The summed E-state index contributed by atoms with van der Waals surface area (Å²) in [4.78, 5) is 38.4. The van der Waals surface area contributed by atoms with Gasteiger partial charge in [0, 0.05) is 19.3 Å². The van der Waals surface area contributed by atoms with Crippen molar-refractivity contribution in [1.29, 1.82) is 0 Å². The summed E-state index contributed by atoms with van der Waals surface area (Å²) in [5, 5.41) is 0. The summed E-state index contributed by atoms with van der Waals surface area (Å²) in [6.07, 6.45) is 87.3. The molecule has 1 unspecified atom stereocenters. The van der Waals surface area contributed by atoms with E-state index >= 15 is 0 Å². The lowest BCUT2D eigenvalue weighted by Crippen LogP contribution is -2.30. The van der Waals surface area contributed by atoms with Crippen LogP contribution in [-0.2, 0) is 28.6 Å². The van der Waals surface area contributed by atoms with Crippen LogP contribution in [0.25, 0.3) is 0 Å². The first-order valence-electron chi connectivity index (χ1n) is 33.6. The molecule has 0 spiro atoms. The third-order valence-corrected chi connectivity index (χ3v) is 14.6. The summed E-state index contributed by atoms with van der Waals surface area (Å²) in [6.45, 7) is 6.54. The summed E-state index contributed by atoms with van der Waals surface area (Å²) in [5.74, 6) is -0.890. The molecular formula is C72H126O6. The summed E-state index contributed by atoms with van der Waals surface area (Å²) in [7, 11) is 0. The normalized spacial score (nSPS) is 12.6. The van der Waals surface area contributed by atoms with Crippen LogP contribution in [0, 0.1) is 0 Å². The highest BCUT2D eigenvalue weighted by Crippen LogP contribution is 2.17. The number of hydrogen-bond acceptors (Lipinski definition) is 6. The minimum Gasteiger partial charge on any atom is -0.462 e. The minimum absolute atomic E-state index is 0.0845. The maximum Gasteiger partial charge on any atom is 0.306 e. The van der Waals surface area contributed by atoms with Gasteiger partial charge in [-0.05, 0) is 96.3 Å². The zero-order valence-electron chi connectivity index (χ0n) is 51.7. The lowest BCUT2D eigenvalue weighted by molar-refractivity contribution is -0.167. The minimum atomic E-state index is -0.788. The van der Waals surface area contributed by atoms with E-state index in [4.69, 9.17) is 14.2 Å². The Morgan fingerprint density at radius 1 is 0.269 bits per heavy atom. The number of esters is 3. The molecule has 0 rings (SSSR count). The van der Waals surface area contributed by atoms with Crippen molar-refractivity contribution in [2.45, 2.75) is 341 Å². The van der Waals surface area contributed by atoms with Gasteiger partial charge < -0.3 is 14.2 Å². The molecule has 0 aromatic rings. The van der Waals surface area contributed by atoms with E-state index in [-0.39, 0.29) is 31.1 Å². The molecule has 0 aromatic heterocycles. The van der Waals surface area contributed by atoms with Gasteiger partial charge in [-0.25, -0.2) is 0 Å². The summed E-state index contributed by atoms with van der Waals surface area (Å²) in [6, 6.07) is 0. The largest absolute Gasteiger partial charge is 0.462 e. The Labute approximate surface area is 484 Å². The number of hydrogen-bond donors (Lipinski definition) is 0. The second kappa shape index (κ2) is 66.1. The Balaban J connectivity index is 4.38. The molecule has 6 heteroatoms. The zero-order valence-corrected chi connectivity index (χ0v) is 51.7. The van der Waals surface area contributed by atoms with Crippen molar-refractivity contribution >= 4 is 17.9 Å². The maximum atomic E-state index is 12.9. The molecule has 6 nitrogen and oxygen atoms in total. The van der Waals surface area contributed by atoms with E-state index < -0.39 is 6.10 Å². The highest BCUT2D eigenvalue weighted by atomic mass is 16.6. The van der Waals surface area contributed by atoms with Gasteiger partial charge in [-0.3, -0.25) is 14.4 Å². The third-order valence-electron chi connectivity index (χ3n) is 14.6. The van der Waals surface area contributed by atoms with E-state index in [1.807, 2.05) is 0 Å². The van der Waals surface area contributed by atoms with Crippen molar-refractivity contribution in [2.75, 3.05) is 13.2 Å². The summed E-state index contributed by atoms with van der Waals surface area (Å²) in [5.41, 5.74) is 0. The molecule has 0 fully saturated rings. The monoisotopic (exact) mass is 1090 g/mol. The van der Waals surface area contributed by atoms with Crippen LogP contribution in [0.15, 0.2) is 85.1 Å². The van der Waals surface area contributed by atoms with Gasteiger partial charge in [0.2, 0.25) is 0 Å². The fraction of sp³-hybridized carbons (Fsp3) is 0.764. The molecule has 0 aliphatic carbocycles. The van der Waals surface area contributed by atoms with Crippen molar-refractivity contribution in [2.24, 2.45) is 0 Å². The fourth-order valence-corrected chi connectivity index (χ4v) is 9.62. The van der Waals surface area contributed by atoms with E-state index in [0.29, 0.717) is 19.3 Å². The molecule has 0 amide bonds. The average Bonchev–Trinajstić information content (AvgIpc) is 3.44. The molecule has 0 saturated carbocycles. The number of carbonyl (C=O) groups excluding carboxylic acids is 3. The lowest BCUT2D eigenvalue weighted by atomic mass is 10.0. The van der Waals surface area contributed by atoms with Gasteiger partial charge in [0.25, 0.3) is 0 Å². The van der Waals surface area contributed by atoms with Crippen LogP contribution >= 0.6 is 0 Å². The van der Waals surface area contributed by atoms with Gasteiger partial charge >= 0.3 is 17.9 Å². The van der Waals surface area contributed by atoms with Crippen molar-refractivity contribution in [1.82, 2.24) is 0 Å². The van der Waals surface area contributed by atoms with E-state index in [0.717, 1.165) is 116 Å². The Bertz CT molecular complexity index is 1480. The van der Waals surface area contributed by atoms with Crippen molar-refractivity contribution in [3.63, 3.8) is 0 Å². The van der Waals surface area contributed by atoms with Crippen molar-refractivity contribution in [3.8, 4) is 0 Å². The van der Waals surface area contributed by atoms with Crippen LogP contribution in [0.3, 0.4) is 0 Å². The predicted octanol–water partition coefficient (Wildman–Crippen LogP) is 23.1. The first-order chi connectivity index (χ1) is 38.5. The fourth-order valence-electron chi connectivity index (χ4n) is 9.62. The van der Waals surface area contributed by atoms with Gasteiger partial charge in [-0.15, -0.1) is 0 Å². The Morgan fingerprint density at radius 3 is 0.795 bits per heavy atom. The van der Waals surface area contributed by atoms with Crippen LogP contribution in [0.1, 0.15) is 335 Å². The molecule has 0 bridgehead atoms. The molecule has 0 aliphatic rings. The van der Waals surface area contributed by atoms with E-state index in [1.54, 1.807) is 0 Å². The molecular weight excluding hydrogens is 961 g/mol. The molecule has 450 valence electrons. The van der Waals surface area contributed by atoms with E-state index in [2.05, 4.69) is 106 Å². The molecule has 0 N–H and O–H groups in total. The van der Waals surface area contributed by atoms with Crippen LogP contribution in [0.5, 0.6) is 0 Å². The quantitative estimate of drug-likeness (QED) is 0.0261. The van der Waals surface area contributed by atoms with E-state index in [9.17, 15) is 14.4 Å². The average molecular weight is 1090 g/mol. The molecule has 0 heterocycles. The zero-order chi connectivity index (χ0) is 56.4. The van der Waals surface area contributed by atoms with Gasteiger partial charge in [-0.1, -0.05) is 305 Å². The van der Waals surface area contributed by atoms with Gasteiger partial charge in [0.05, 0.1) is 0 Å². The van der Waals surface area contributed by atoms with E-state index in [1.165, 1.54) is 180 Å². The second-order valence-electron chi connectivity index (χ2n) is 22.4. The van der Waals surface area contributed by atoms with Crippen LogP contribution in [0.4, 0.5) is 0 Å². The number of ether oxygens (including phenoxy) is 3. The Kier molecular flexibility index (Phi) is 63.2. The lowest BCUT2D eigenvalue weighted by Gasteiger charge is -2.18. The second-order valence-corrected chi connectivity index (χ2v) is 22.4. The highest BCUT2D eigenvalue weighted by molar-refractivity contribution is 5.71. The number of rotatable bonds is 61. The molecule has 0 aliphatic heterocycles. The molecule has 0 aromatic carbocycles. The van der Waals surface area contributed by atoms with Crippen LogP contribution in [-0.4, -0.2) is 37.2 Å². The van der Waals surface area contributed by atoms with Gasteiger partial charge in [0.15, 0.2) is 6.10 Å². The smallest absolute Gasteiger partial charge is 0.306 e. The standard InChI is InChI=1S/C72H126O6/c1-4-7-10-13-16-19-22-25-28-31-33-35-36-38-39-41-44-47-50-53-56-59-62-65-71(74)77-68-69(67-76-70(73)64-61-58-55-52-49-46-43-30-27-24-21-18-15-12-9-6-3)78-72(75)66-63-60-57-54-51-48-45-42-40-37-34-32-29-26-23-20-17-14-11-8-5-2/h7,10,16,19,21,24-25,28,30,33,35,38-39,43,69H,4-6,8-9,11-15,17-18,20,22-23,26-27,29,31-32,34,36-37,40-42,44-68H2,1-3H3/b10-7-,19-16-,24-21-,28-25-,35-33-,39-38-,43-30-. The highest BCUT2D eigenvalue weighted by Gasteiger charge is 2.19. The molecule has 1 atom stereocenters. The van der Waals surface area contributed by atoms with Crippen LogP contribution in [0.2, 0.25) is 0 Å². The predicted molar refractivity (Wildman–Crippen MR) is 339 cm³/mol. The van der Waals surface area contributed by atoms with Crippen molar-refractivity contribution < 1.29 is 28.6 Å².